The molecule has 0 aliphatic rings. The highest BCUT2D eigenvalue weighted by atomic mass is 35.5. The summed E-state index contributed by atoms with van der Waals surface area (Å²) in [5, 5.41) is 37.2. The molecule has 2 aromatic carbocycles. The van der Waals surface area contributed by atoms with Gasteiger partial charge in [-0.25, -0.2) is 22.2 Å². The molecule has 14 heteroatoms. The predicted molar refractivity (Wildman–Crippen MR) is 121 cm³/mol. The molecule has 0 bridgehead atoms. The predicted octanol–water partition coefficient (Wildman–Crippen LogP) is 4.05. The third-order valence-electron chi connectivity index (χ3n) is 4.74. The highest BCUT2D eigenvalue weighted by Crippen LogP contribution is 2.34. The molecule has 2 unspecified atom stereocenters. The maximum atomic E-state index is 13.8. The molecule has 0 fully saturated rings. The summed E-state index contributed by atoms with van der Waals surface area (Å²) in [5.74, 6) is -5.24. The van der Waals surface area contributed by atoms with Gasteiger partial charge in [0.15, 0.2) is 23.3 Å². The van der Waals surface area contributed by atoms with Gasteiger partial charge < -0.3 is 20.1 Å². The number of ether oxygens (including phenoxy) is 1. The van der Waals surface area contributed by atoms with Gasteiger partial charge in [0.25, 0.3) is 0 Å². The van der Waals surface area contributed by atoms with Crippen LogP contribution in [-0.2, 0) is 11.3 Å². The Hall–Kier alpha value is -1.93. The lowest BCUT2D eigenvalue weighted by Gasteiger charge is -2.28. The van der Waals surface area contributed by atoms with E-state index >= 15 is 0 Å². The Morgan fingerprint density at radius 3 is 2.17 bits per heavy atom. The van der Waals surface area contributed by atoms with Gasteiger partial charge >= 0.3 is 0 Å². The van der Waals surface area contributed by atoms with Crippen molar-refractivity contribution in [3.05, 3.63) is 63.8 Å². The number of benzene rings is 2. The summed E-state index contributed by atoms with van der Waals surface area (Å²) in [5.41, 5.74) is -1.21. The molecule has 0 radical (unpaired) electrons. The van der Waals surface area contributed by atoms with Crippen LogP contribution in [0.15, 0.2) is 35.4 Å². The lowest BCUT2D eigenvalue weighted by Crippen LogP contribution is -2.39. The molecule has 3 aromatic rings. The first-order valence-electron chi connectivity index (χ1n) is 9.98. The van der Waals surface area contributed by atoms with Crippen LogP contribution in [-0.4, -0.2) is 60.7 Å². The summed E-state index contributed by atoms with van der Waals surface area (Å²) in [6, 6.07) is 4.03. The Labute approximate surface area is 211 Å². The Balaban J connectivity index is 1.83. The standard InChI is InChI=1S/C21H19Cl2F4N3O4S/c1-9(32)18(8-31)34-21(35-11-4-12(22)19(26)13(23)5-11)17(33)7-30-6-16(28-29-30)10-2-14(24)20(27)15(25)3-10/h2-6,9,17-18,21,31-33H,7-8H2,1H3/t9-,17+,18?,21?/m1/s1. The van der Waals surface area contributed by atoms with Crippen LogP contribution in [0.3, 0.4) is 0 Å². The quantitative estimate of drug-likeness (QED) is 0.150. The lowest BCUT2D eigenvalue weighted by molar-refractivity contribution is -0.0972. The molecule has 0 saturated heterocycles. The number of halogens is 6. The van der Waals surface area contributed by atoms with Crippen LogP contribution in [0.2, 0.25) is 10.0 Å². The van der Waals surface area contributed by atoms with Crippen LogP contribution in [0.4, 0.5) is 17.6 Å². The van der Waals surface area contributed by atoms with Gasteiger partial charge in [-0.3, -0.25) is 0 Å². The van der Waals surface area contributed by atoms with Crippen LogP contribution in [0.5, 0.6) is 0 Å². The summed E-state index contributed by atoms with van der Waals surface area (Å²) in [4.78, 5) is 0.323. The summed E-state index contributed by atoms with van der Waals surface area (Å²) >= 11 is 12.6. The van der Waals surface area contributed by atoms with E-state index in [4.69, 9.17) is 27.9 Å². The number of rotatable bonds is 10. The molecular formula is C21H19Cl2F4N3O4S. The van der Waals surface area contributed by atoms with Crippen molar-refractivity contribution in [2.75, 3.05) is 6.61 Å². The van der Waals surface area contributed by atoms with Crippen molar-refractivity contribution in [3.8, 4) is 11.3 Å². The molecule has 190 valence electrons. The molecule has 0 amide bonds. The van der Waals surface area contributed by atoms with E-state index in [2.05, 4.69) is 10.3 Å². The second-order valence-corrected chi connectivity index (χ2v) is 9.42. The van der Waals surface area contributed by atoms with E-state index in [1.54, 1.807) is 0 Å². The fourth-order valence-electron chi connectivity index (χ4n) is 2.91. The molecule has 1 heterocycles. The van der Waals surface area contributed by atoms with Gasteiger partial charge in [0.2, 0.25) is 0 Å². The monoisotopic (exact) mass is 555 g/mol. The van der Waals surface area contributed by atoms with Crippen LogP contribution in [0, 0.1) is 23.3 Å². The Kier molecular flexibility index (Phi) is 9.38. The van der Waals surface area contributed by atoms with Crippen molar-refractivity contribution < 1.29 is 37.6 Å². The van der Waals surface area contributed by atoms with Gasteiger partial charge in [-0.15, -0.1) is 5.10 Å². The van der Waals surface area contributed by atoms with E-state index in [-0.39, 0.29) is 27.8 Å². The fourth-order valence-corrected chi connectivity index (χ4v) is 4.61. The molecule has 0 aliphatic carbocycles. The Morgan fingerprint density at radius 2 is 1.63 bits per heavy atom. The van der Waals surface area contributed by atoms with Crippen molar-refractivity contribution in [2.45, 2.75) is 42.1 Å². The number of hydrogen-bond acceptors (Lipinski definition) is 7. The molecule has 0 saturated carbocycles. The SMILES string of the molecule is C[C@@H](O)C(CO)OC(Sc1cc(Cl)c(F)c(Cl)c1)[C@@H](O)Cn1cc(-c2cc(F)c(F)c(F)c2)nn1. The first-order chi connectivity index (χ1) is 16.5. The van der Waals surface area contributed by atoms with E-state index < -0.39 is 53.6 Å². The minimum Gasteiger partial charge on any atom is -0.394 e. The van der Waals surface area contributed by atoms with Gasteiger partial charge in [0.05, 0.1) is 35.5 Å². The number of aliphatic hydroxyl groups is 3. The summed E-state index contributed by atoms with van der Waals surface area (Å²) < 4.78 is 60.9. The van der Waals surface area contributed by atoms with Crippen molar-refractivity contribution >= 4 is 35.0 Å². The molecule has 35 heavy (non-hydrogen) atoms. The second-order valence-electron chi connectivity index (χ2n) is 7.43. The van der Waals surface area contributed by atoms with Crippen LogP contribution < -0.4 is 0 Å². The zero-order valence-corrected chi connectivity index (χ0v) is 20.2. The number of aliphatic hydroxyl groups excluding tert-OH is 3. The van der Waals surface area contributed by atoms with Crippen molar-refractivity contribution in [3.63, 3.8) is 0 Å². The van der Waals surface area contributed by atoms with E-state index in [1.165, 1.54) is 25.3 Å². The summed E-state index contributed by atoms with van der Waals surface area (Å²) in [7, 11) is 0. The van der Waals surface area contributed by atoms with E-state index in [9.17, 15) is 32.9 Å². The van der Waals surface area contributed by atoms with E-state index in [0.29, 0.717) is 4.90 Å². The normalized spacial score (nSPS) is 15.1. The van der Waals surface area contributed by atoms with Gasteiger partial charge in [0.1, 0.15) is 23.3 Å². The molecule has 0 aliphatic heterocycles. The van der Waals surface area contributed by atoms with Crippen LogP contribution in [0.25, 0.3) is 11.3 Å². The van der Waals surface area contributed by atoms with Crippen molar-refractivity contribution in [1.82, 2.24) is 15.0 Å². The fraction of sp³-hybridized carbons (Fsp3) is 0.333. The number of aromatic nitrogens is 3. The van der Waals surface area contributed by atoms with E-state index in [1.807, 2.05) is 0 Å². The Bertz CT molecular complexity index is 1140. The van der Waals surface area contributed by atoms with Crippen LogP contribution in [0.1, 0.15) is 6.92 Å². The van der Waals surface area contributed by atoms with E-state index in [0.717, 1.165) is 28.6 Å². The molecule has 3 N–H and O–H groups in total. The second kappa shape index (κ2) is 11.9. The molecule has 0 spiro atoms. The zero-order valence-electron chi connectivity index (χ0n) is 17.9. The first-order valence-corrected chi connectivity index (χ1v) is 11.6. The molecule has 4 atom stereocenters. The minimum atomic E-state index is -1.62. The highest BCUT2D eigenvalue weighted by Gasteiger charge is 2.28. The smallest absolute Gasteiger partial charge is 0.194 e. The first kappa shape index (κ1) is 27.7. The molecule has 7 nitrogen and oxygen atoms in total. The Morgan fingerprint density at radius 1 is 1.03 bits per heavy atom. The van der Waals surface area contributed by atoms with Gasteiger partial charge in [0, 0.05) is 10.5 Å². The highest BCUT2D eigenvalue weighted by molar-refractivity contribution is 7.99. The maximum Gasteiger partial charge on any atom is 0.194 e. The molecular weight excluding hydrogens is 537 g/mol. The lowest BCUT2D eigenvalue weighted by atomic mass is 10.1. The van der Waals surface area contributed by atoms with Crippen LogP contribution >= 0.6 is 35.0 Å². The molecule has 3 rings (SSSR count). The zero-order chi connectivity index (χ0) is 25.9. The molecule has 1 aromatic heterocycles. The number of nitrogens with zero attached hydrogens (tertiary/aromatic N) is 3. The maximum absolute atomic E-state index is 13.8. The third-order valence-corrected chi connectivity index (χ3v) is 6.46. The van der Waals surface area contributed by atoms with Gasteiger partial charge in [-0.05, 0) is 31.2 Å². The summed E-state index contributed by atoms with van der Waals surface area (Å²) in [6.45, 7) is 0.560. The average Bonchev–Trinajstić information content (AvgIpc) is 3.26. The summed E-state index contributed by atoms with van der Waals surface area (Å²) in [6.07, 6.45) is -2.27. The van der Waals surface area contributed by atoms with Crippen molar-refractivity contribution in [1.29, 1.82) is 0 Å². The average molecular weight is 556 g/mol. The minimum absolute atomic E-state index is 0.00874. The topological polar surface area (TPSA) is 101 Å². The largest absolute Gasteiger partial charge is 0.394 e. The van der Waals surface area contributed by atoms with Gasteiger partial charge in [-0.1, -0.05) is 40.2 Å². The van der Waals surface area contributed by atoms with Crippen molar-refractivity contribution in [2.24, 2.45) is 0 Å². The third kappa shape index (κ3) is 6.85. The number of thioether (sulfide) groups is 1. The van der Waals surface area contributed by atoms with Gasteiger partial charge in [-0.2, -0.15) is 0 Å². The number of hydrogen-bond donors (Lipinski definition) is 3.